The van der Waals surface area contributed by atoms with E-state index in [1.165, 1.54) is 0 Å². The molecule has 1 spiro atoms. The first-order chi connectivity index (χ1) is 12.7. The fourth-order valence-corrected chi connectivity index (χ4v) is 4.06. The van der Waals surface area contributed by atoms with Crippen LogP contribution in [0.4, 0.5) is 0 Å². The first-order valence-electron chi connectivity index (χ1n) is 9.17. The van der Waals surface area contributed by atoms with Gasteiger partial charge in [0.25, 0.3) is 0 Å². The second-order valence-corrected chi connectivity index (χ2v) is 7.12. The van der Waals surface area contributed by atoms with Gasteiger partial charge in [0.2, 0.25) is 5.91 Å². The van der Waals surface area contributed by atoms with Gasteiger partial charge in [-0.25, -0.2) is 0 Å². The van der Waals surface area contributed by atoms with E-state index in [9.17, 15) is 9.59 Å². The molecule has 2 heterocycles. The maximum Gasteiger partial charge on any atom is 0.307 e. The number of hydrogen-bond donors (Lipinski definition) is 1. The second kappa shape index (κ2) is 6.94. The van der Waals surface area contributed by atoms with Crippen LogP contribution in [0.25, 0.3) is 11.3 Å². The molecule has 0 bridgehead atoms. The van der Waals surface area contributed by atoms with Gasteiger partial charge in [0.05, 0.1) is 18.9 Å². The minimum atomic E-state index is -0.599. The average Bonchev–Trinajstić information content (AvgIpc) is 3.26. The van der Waals surface area contributed by atoms with E-state index in [4.69, 9.17) is 9.26 Å². The van der Waals surface area contributed by atoms with E-state index < -0.39 is 11.5 Å². The van der Waals surface area contributed by atoms with Crippen LogP contribution in [0, 0.1) is 5.92 Å². The Morgan fingerprint density at radius 1 is 1.19 bits per heavy atom. The van der Waals surface area contributed by atoms with Crippen molar-refractivity contribution >= 4 is 11.9 Å². The maximum atomic E-state index is 12.7. The van der Waals surface area contributed by atoms with E-state index in [2.05, 4.69) is 10.5 Å². The Hall–Kier alpha value is -2.63. The van der Waals surface area contributed by atoms with Crippen molar-refractivity contribution in [3.63, 3.8) is 0 Å². The van der Waals surface area contributed by atoms with Crippen LogP contribution in [0.5, 0.6) is 0 Å². The van der Waals surface area contributed by atoms with Gasteiger partial charge in [-0.3, -0.25) is 9.59 Å². The summed E-state index contributed by atoms with van der Waals surface area (Å²) in [5.74, 6) is -0.143. The van der Waals surface area contributed by atoms with Crippen molar-refractivity contribution in [3.05, 3.63) is 42.1 Å². The smallest absolute Gasteiger partial charge is 0.307 e. The minimum absolute atomic E-state index is 0.137. The number of esters is 1. The first-order valence-corrected chi connectivity index (χ1v) is 9.17. The van der Waals surface area contributed by atoms with Crippen LogP contribution in [0.1, 0.15) is 44.2 Å². The van der Waals surface area contributed by atoms with Crippen LogP contribution in [0.15, 0.2) is 40.9 Å². The molecule has 1 amide bonds. The van der Waals surface area contributed by atoms with Gasteiger partial charge in [-0.2, -0.15) is 0 Å². The predicted octanol–water partition coefficient (Wildman–Crippen LogP) is 3.22. The Labute approximate surface area is 151 Å². The molecule has 1 aliphatic heterocycles. The summed E-state index contributed by atoms with van der Waals surface area (Å²) in [6.45, 7) is 0.274. The van der Waals surface area contributed by atoms with Crippen molar-refractivity contribution in [2.75, 3.05) is 0 Å². The van der Waals surface area contributed by atoms with Gasteiger partial charge in [-0.15, -0.1) is 0 Å². The summed E-state index contributed by atoms with van der Waals surface area (Å²) in [4.78, 5) is 24.5. The fraction of sp³-hybridized carbons (Fsp3) is 0.450. The number of nitrogens with one attached hydrogen (secondary N) is 1. The molecule has 4 rings (SSSR count). The number of hydrogen-bond acceptors (Lipinski definition) is 5. The molecule has 6 heteroatoms. The molecule has 6 nitrogen and oxygen atoms in total. The number of carbonyl (C=O) groups excluding carboxylic acids is 2. The van der Waals surface area contributed by atoms with Gasteiger partial charge < -0.3 is 14.6 Å². The minimum Gasteiger partial charge on any atom is -0.458 e. The van der Waals surface area contributed by atoms with Gasteiger partial charge in [-0.1, -0.05) is 41.9 Å². The molecule has 1 saturated carbocycles. The van der Waals surface area contributed by atoms with Gasteiger partial charge >= 0.3 is 5.97 Å². The van der Waals surface area contributed by atoms with Crippen molar-refractivity contribution < 1.29 is 18.8 Å². The van der Waals surface area contributed by atoms with Crippen LogP contribution in [0.3, 0.4) is 0 Å². The molecule has 1 N–H and O–H groups in total. The van der Waals surface area contributed by atoms with Gasteiger partial charge in [0.15, 0.2) is 5.76 Å². The molecule has 136 valence electrons. The number of nitrogens with zero attached hydrogens (tertiary/aromatic N) is 1. The zero-order valence-corrected chi connectivity index (χ0v) is 14.6. The number of rotatable bonds is 4. The van der Waals surface area contributed by atoms with Crippen molar-refractivity contribution in [1.29, 1.82) is 0 Å². The average molecular weight is 354 g/mol. The van der Waals surface area contributed by atoms with Crippen LogP contribution in [-0.4, -0.2) is 22.6 Å². The lowest BCUT2D eigenvalue weighted by atomic mass is 9.75. The highest BCUT2D eigenvalue weighted by Crippen LogP contribution is 2.44. The van der Waals surface area contributed by atoms with Crippen molar-refractivity contribution in [1.82, 2.24) is 10.5 Å². The van der Waals surface area contributed by atoms with E-state index in [0.29, 0.717) is 11.5 Å². The SMILES string of the molecule is O=C1C[C@H](C(=O)NCc2cc(-c3ccccc3)on2)C2(CCCCC2)O1. The maximum absolute atomic E-state index is 12.7. The van der Waals surface area contributed by atoms with Crippen molar-refractivity contribution in [2.24, 2.45) is 5.92 Å². The highest BCUT2D eigenvalue weighted by molar-refractivity contribution is 5.87. The molecule has 1 aromatic heterocycles. The largest absolute Gasteiger partial charge is 0.458 e. The first kappa shape index (κ1) is 16.8. The Balaban J connectivity index is 1.41. The third-order valence-corrected chi connectivity index (χ3v) is 5.40. The van der Waals surface area contributed by atoms with Crippen molar-refractivity contribution in [2.45, 2.75) is 50.7 Å². The molecule has 1 atom stereocenters. The Morgan fingerprint density at radius 2 is 1.96 bits per heavy atom. The lowest BCUT2D eigenvalue weighted by Gasteiger charge is -2.35. The molecule has 2 aromatic rings. The van der Waals surface area contributed by atoms with Gasteiger partial charge in [0, 0.05) is 11.6 Å². The lowest BCUT2D eigenvalue weighted by molar-refractivity contribution is -0.153. The normalized spacial score (nSPS) is 21.5. The summed E-state index contributed by atoms with van der Waals surface area (Å²) in [6.07, 6.45) is 4.86. The molecule has 2 aliphatic rings. The number of amides is 1. The predicted molar refractivity (Wildman–Crippen MR) is 93.8 cm³/mol. The number of benzene rings is 1. The fourth-order valence-electron chi connectivity index (χ4n) is 4.06. The van der Waals surface area contributed by atoms with Crippen LogP contribution < -0.4 is 5.32 Å². The second-order valence-electron chi connectivity index (χ2n) is 7.12. The topological polar surface area (TPSA) is 81.4 Å². The summed E-state index contributed by atoms with van der Waals surface area (Å²) in [5, 5.41) is 6.93. The zero-order chi connectivity index (χ0) is 18.0. The van der Waals surface area contributed by atoms with E-state index in [1.807, 2.05) is 36.4 Å². The van der Waals surface area contributed by atoms with Crippen LogP contribution >= 0.6 is 0 Å². The van der Waals surface area contributed by atoms with Gasteiger partial charge in [-0.05, 0) is 25.7 Å². The molecule has 26 heavy (non-hydrogen) atoms. The molecule has 1 aromatic carbocycles. The molecule has 0 radical (unpaired) electrons. The lowest BCUT2D eigenvalue weighted by Crippen LogP contribution is -2.45. The molecule has 1 aliphatic carbocycles. The van der Waals surface area contributed by atoms with E-state index >= 15 is 0 Å². The summed E-state index contributed by atoms with van der Waals surface area (Å²) in [7, 11) is 0. The Bertz CT molecular complexity index is 793. The molecular formula is C20H22N2O4. The van der Waals surface area contributed by atoms with E-state index in [0.717, 1.165) is 37.7 Å². The molecular weight excluding hydrogens is 332 g/mol. The molecule has 2 fully saturated rings. The highest BCUT2D eigenvalue weighted by atomic mass is 16.6. The van der Waals surface area contributed by atoms with Crippen molar-refractivity contribution in [3.8, 4) is 11.3 Å². The number of ether oxygens (including phenoxy) is 1. The molecule has 1 saturated heterocycles. The molecule has 0 unspecified atom stereocenters. The Morgan fingerprint density at radius 3 is 2.73 bits per heavy atom. The zero-order valence-electron chi connectivity index (χ0n) is 14.6. The standard InChI is InChI=1S/C20H22N2O4/c23-18-12-16(20(25-18)9-5-2-6-10-20)19(24)21-13-15-11-17(26-22-15)14-7-3-1-4-8-14/h1,3-4,7-8,11,16H,2,5-6,9-10,12-13H2,(H,21,24)/t16-/m1/s1. The quantitative estimate of drug-likeness (QED) is 0.853. The van der Waals surface area contributed by atoms with Crippen LogP contribution in [-0.2, 0) is 20.9 Å². The third kappa shape index (κ3) is 3.23. The van der Waals surface area contributed by atoms with Gasteiger partial charge in [0.1, 0.15) is 11.3 Å². The summed E-state index contributed by atoms with van der Waals surface area (Å²) in [5.41, 5.74) is 0.993. The number of aromatic nitrogens is 1. The summed E-state index contributed by atoms with van der Waals surface area (Å²) >= 11 is 0. The Kier molecular flexibility index (Phi) is 4.49. The van der Waals surface area contributed by atoms with E-state index in [-0.39, 0.29) is 24.8 Å². The monoisotopic (exact) mass is 354 g/mol. The number of carbonyl (C=O) groups is 2. The summed E-state index contributed by atoms with van der Waals surface area (Å²) in [6, 6.07) is 11.5. The van der Waals surface area contributed by atoms with E-state index in [1.54, 1.807) is 0 Å². The summed E-state index contributed by atoms with van der Waals surface area (Å²) < 4.78 is 11.0. The van der Waals surface area contributed by atoms with Crippen LogP contribution in [0.2, 0.25) is 0 Å². The third-order valence-electron chi connectivity index (χ3n) is 5.40. The highest BCUT2D eigenvalue weighted by Gasteiger charge is 2.52.